The largest absolute Gasteiger partial charge is 0.455 e. The topological polar surface area (TPSA) is 196 Å². The Hall–Kier alpha value is -6.07. The van der Waals surface area contributed by atoms with Crippen LogP contribution in [0.1, 0.15) is 119 Å². The van der Waals surface area contributed by atoms with Crippen LogP contribution >= 0.6 is 0 Å². The van der Waals surface area contributed by atoms with Crippen LogP contribution in [0.5, 0.6) is 11.5 Å². The Labute approximate surface area is 398 Å². The number of nitro groups is 1. The lowest BCUT2D eigenvalue weighted by molar-refractivity contribution is -0.384. The van der Waals surface area contributed by atoms with Gasteiger partial charge in [0, 0.05) is 81.6 Å². The van der Waals surface area contributed by atoms with Gasteiger partial charge in [-0.2, -0.15) is 0 Å². The fourth-order valence-corrected chi connectivity index (χ4v) is 12.0. The number of amides is 2. The molecule has 68 heavy (non-hydrogen) atoms. The van der Waals surface area contributed by atoms with Crippen molar-refractivity contribution in [1.29, 1.82) is 0 Å². The molecule has 0 bridgehead atoms. The van der Waals surface area contributed by atoms with Crippen LogP contribution in [0.15, 0.2) is 84.1 Å². The van der Waals surface area contributed by atoms with Crippen molar-refractivity contribution in [3.05, 3.63) is 106 Å². The lowest BCUT2D eigenvalue weighted by Crippen LogP contribution is -2.60. The summed E-state index contributed by atoms with van der Waals surface area (Å²) in [6.07, 6.45) is 12.6. The van der Waals surface area contributed by atoms with Crippen molar-refractivity contribution in [2.75, 3.05) is 49.5 Å². The van der Waals surface area contributed by atoms with Crippen molar-refractivity contribution in [1.82, 2.24) is 29.5 Å². The fourth-order valence-electron chi connectivity index (χ4n) is 11.0. The second-order valence-corrected chi connectivity index (χ2v) is 22.3. The van der Waals surface area contributed by atoms with Gasteiger partial charge in [0.1, 0.15) is 22.0 Å². The number of piperidine rings is 1. The van der Waals surface area contributed by atoms with Crippen molar-refractivity contribution >= 4 is 50.1 Å². The highest BCUT2D eigenvalue weighted by molar-refractivity contribution is 7.90. The van der Waals surface area contributed by atoms with Gasteiger partial charge in [0.15, 0.2) is 0 Å². The predicted molar refractivity (Wildman–Crippen MR) is 262 cm³/mol. The SMILES string of the molecule is CC(=O)N1CCN(C2CC3(CCN(c4ccc(C(=O)NS(=O)(=O)c5cnc(NCC6CCC(C)(C)CC6)c([N+](=O)[O-])c5)c(Oc5cnc6[nH]ccc6c5)c4)CC3)C2)[C@H](c2ccccc2C(C)C)C1. The minimum absolute atomic E-state index is 0.0220. The van der Waals surface area contributed by atoms with Gasteiger partial charge >= 0.3 is 5.69 Å². The van der Waals surface area contributed by atoms with Gasteiger partial charge in [-0.25, -0.2) is 23.1 Å². The van der Waals surface area contributed by atoms with Crippen molar-refractivity contribution < 1.29 is 27.7 Å². The van der Waals surface area contributed by atoms with Crippen molar-refractivity contribution in [3.63, 3.8) is 0 Å². The van der Waals surface area contributed by atoms with Crippen LogP contribution in [0.25, 0.3) is 11.0 Å². The van der Waals surface area contributed by atoms with E-state index in [0.717, 1.165) is 101 Å². The van der Waals surface area contributed by atoms with E-state index in [1.54, 1.807) is 37.4 Å². The monoisotopic (exact) mass is 945 g/mol. The molecule has 2 saturated heterocycles. The maximum absolute atomic E-state index is 14.0. The maximum atomic E-state index is 14.0. The molecular formula is C51H63N9O7S. The summed E-state index contributed by atoms with van der Waals surface area (Å²) >= 11 is 0. The highest BCUT2D eigenvalue weighted by Crippen LogP contribution is 2.53. The van der Waals surface area contributed by atoms with Crippen LogP contribution in [0.4, 0.5) is 17.2 Å². The lowest BCUT2D eigenvalue weighted by atomic mass is 9.59. The molecule has 9 rings (SSSR count). The Balaban J connectivity index is 0.901. The van der Waals surface area contributed by atoms with Crippen molar-refractivity contribution in [3.8, 4) is 11.5 Å². The summed E-state index contributed by atoms with van der Waals surface area (Å²) in [6.45, 7) is 14.9. The number of H-pyrrole nitrogens is 1. The molecule has 3 aromatic heterocycles. The first-order valence-corrected chi connectivity index (χ1v) is 25.5. The predicted octanol–water partition coefficient (Wildman–Crippen LogP) is 9.18. The van der Waals surface area contributed by atoms with E-state index in [9.17, 15) is 28.1 Å². The number of anilines is 2. The highest BCUT2D eigenvalue weighted by atomic mass is 32.2. The molecule has 2 saturated carbocycles. The summed E-state index contributed by atoms with van der Waals surface area (Å²) in [5.41, 5.74) is 4.07. The minimum atomic E-state index is -4.62. The number of fused-ring (bicyclic) bond motifs is 1. The zero-order valence-electron chi connectivity index (χ0n) is 39.7. The van der Waals surface area contributed by atoms with Crippen LogP contribution in [-0.4, -0.2) is 95.2 Å². The van der Waals surface area contributed by atoms with Crippen LogP contribution in [0.3, 0.4) is 0 Å². The van der Waals surface area contributed by atoms with E-state index in [0.29, 0.717) is 42.4 Å². The van der Waals surface area contributed by atoms with Gasteiger partial charge < -0.3 is 24.8 Å². The average Bonchev–Trinajstić information content (AvgIpc) is 3.78. The second-order valence-electron chi connectivity index (χ2n) is 20.6. The molecule has 2 aliphatic carbocycles. The lowest BCUT2D eigenvalue weighted by Gasteiger charge is -2.58. The van der Waals surface area contributed by atoms with E-state index in [1.165, 1.54) is 17.3 Å². The van der Waals surface area contributed by atoms with E-state index < -0.39 is 31.4 Å². The molecule has 4 fully saturated rings. The van der Waals surface area contributed by atoms with E-state index in [-0.39, 0.29) is 39.9 Å². The molecule has 5 aromatic rings. The number of nitrogens with one attached hydrogen (secondary N) is 3. The summed E-state index contributed by atoms with van der Waals surface area (Å²) in [4.78, 5) is 56.2. The molecule has 2 amide bonds. The number of benzene rings is 2. The third-order valence-corrected chi connectivity index (χ3v) is 16.5. The summed E-state index contributed by atoms with van der Waals surface area (Å²) in [7, 11) is -4.62. The zero-order chi connectivity index (χ0) is 48.0. The molecule has 5 heterocycles. The number of nitrogens with zero attached hydrogens (tertiary/aromatic N) is 6. The zero-order valence-corrected chi connectivity index (χ0v) is 40.5. The number of sulfonamides is 1. The fraction of sp³-hybridized carbons (Fsp3) is 0.490. The Morgan fingerprint density at radius 3 is 2.43 bits per heavy atom. The van der Waals surface area contributed by atoms with Gasteiger partial charge in [-0.15, -0.1) is 0 Å². The number of hydrogen-bond donors (Lipinski definition) is 3. The van der Waals surface area contributed by atoms with Gasteiger partial charge in [-0.3, -0.25) is 24.6 Å². The first kappa shape index (κ1) is 47.0. The third-order valence-electron chi connectivity index (χ3n) is 15.2. The van der Waals surface area contributed by atoms with Crippen molar-refractivity contribution in [2.45, 2.75) is 109 Å². The quantitative estimate of drug-likeness (QED) is 0.0749. The number of rotatable bonds is 13. The molecule has 0 unspecified atom stereocenters. The maximum Gasteiger partial charge on any atom is 0.312 e. The number of pyridine rings is 2. The van der Waals surface area contributed by atoms with E-state index in [4.69, 9.17) is 4.74 Å². The van der Waals surface area contributed by atoms with Gasteiger partial charge in [0.2, 0.25) is 11.7 Å². The minimum Gasteiger partial charge on any atom is -0.455 e. The third kappa shape index (κ3) is 9.91. The van der Waals surface area contributed by atoms with Gasteiger partial charge in [-0.1, -0.05) is 52.0 Å². The molecule has 360 valence electrons. The van der Waals surface area contributed by atoms with E-state index in [2.05, 4.69) is 86.8 Å². The van der Waals surface area contributed by atoms with Crippen LogP contribution in [0.2, 0.25) is 0 Å². The van der Waals surface area contributed by atoms with Gasteiger partial charge in [-0.05, 0) is 109 Å². The van der Waals surface area contributed by atoms with E-state index in [1.807, 2.05) is 11.0 Å². The molecule has 2 aliphatic heterocycles. The first-order valence-electron chi connectivity index (χ1n) is 24.0. The number of ether oxygens (including phenoxy) is 1. The van der Waals surface area contributed by atoms with Crippen LogP contribution in [0, 0.1) is 26.9 Å². The molecule has 0 radical (unpaired) electrons. The number of carbonyl (C=O) groups is 2. The number of aromatic amines is 1. The van der Waals surface area contributed by atoms with Crippen molar-refractivity contribution in [2.24, 2.45) is 16.7 Å². The number of piperazine rings is 1. The Morgan fingerprint density at radius 1 is 0.956 bits per heavy atom. The molecule has 16 nitrogen and oxygen atoms in total. The molecule has 17 heteroatoms. The van der Waals surface area contributed by atoms with Gasteiger partial charge in [0.25, 0.3) is 15.9 Å². The Kier molecular flexibility index (Phi) is 13.0. The summed E-state index contributed by atoms with van der Waals surface area (Å²) in [6, 6.07) is 18.9. The number of hydrogen-bond acceptors (Lipinski definition) is 12. The van der Waals surface area contributed by atoms with Crippen LogP contribution < -0.4 is 19.7 Å². The normalized spacial score (nSPS) is 20.1. The smallest absolute Gasteiger partial charge is 0.312 e. The van der Waals surface area contributed by atoms with Crippen LogP contribution in [-0.2, 0) is 14.8 Å². The number of carbonyl (C=O) groups excluding carboxylic acids is 2. The summed E-state index contributed by atoms with van der Waals surface area (Å²) in [5, 5.41) is 16.0. The molecule has 1 atom stereocenters. The summed E-state index contributed by atoms with van der Waals surface area (Å²) < 4.78 is 36.0. The molecule has 2 aromatic carbocycles. The van der Waals surface area contributed by atoms with E-state index >= 15 is 0 Å². The van der Waals surface area contributed by atoms with Gasteiger partial charge in [0.05, 0.1) is 28.9 Å². The Bertz CT molecular complexity index is 2800. The number of aromatic nitrogens is 3. The first-order chi connectivity index (χ1) is 32.5. The molecule has 1 spiro atoms. The molecule has 3 N–H and O–H groups in total. The highest BCUT2D eigenvalue weighted by Gasteiger charge is 2.50. The molecular weight excluding hydrogens is 883 g/mol. The average molecular weight is 946 g/mol. The Morgan fingerprint density at radius 2 is 1.71 bits per heavy atom. The standard InChI is InChI=1S/C51H63N9O7S/c1-33(2)41-8-6-7-9-42(41)45-32-58(34(3)61)22-23-59(45)38-27-51(28-38)17-20-57(21-18-51)37-10-11-43(46(25-37)67-39-24-36-14-19-52-47(36)54-30-39)49(62)56-68(65,66)40-26-44(60(63)64)48(55-31-40)53-29-35-12-15-50(4,5)16-13-35/h6-11,14,19,24-26,30-31,33,35,38,45H,12-13,15-18,20-23,27-29,32H2,1-5H3,(H,52,54)(H,53,55)(H,56,62)/t45-/m0/s1. The molecule has 4 aliphatic rings. The summed E-state index contributed by atoms with van der Waals surface area (Å²) in [5.74, 6) is 0.296. The second kappa shape index (κ2) is 18.8.